The number of aliphatic hydroxyl groups is 3. The largest absolute Gasteiger partial charge is 0.510 e. The van der Waals surface area contributed by atoms with Gasteiger partial charge in [-0.05, 0) is 68.5 Å². The zero-order chi connectivity index (χ0) is 30.0. The third kappa shape index (κ3) is 4.20. The lowest BCUT2D eigenvalue weighted by atomic mass is 9.58. The van der Waals surface area contributed by atoms with Crippen LogP contribution in [0.15, 0.2) is 59.1 Å². The van der Waals surface area contributed by atoms with E-state index in [-0.39, 0.29) is 29.7 Å². The summed E-state index contributed by atoms with van der Waals surface area (Å²) in [6, 6.07) is 10.6. The van der Waals surface area contributed by atoms with Crippen LogP contribution in [0.2, 0.25) is 0 Å². The first kappa shape index (κ1) is 28.4. The highest BCUT2D eigenvalue weighted by molar-refractivity contribution is 6.25. The molecular formula is C31H35N3O7. The molecular weight excluding hydrogens is 526 g/mol. The van der Waals surface area contributed by atoms with Gasteiger partial charge >= 0.3 is 0 Å². The quantitative estimate of drug-likeness (QED) is 0.332. The Hall–Kier alpha value is -4.15. The molecule has 0 heterocycles. The van der Waals surface area contributed by atoms with E-state index in [2.05, 4.69) is 0 Å². The number of Topliss-reactive ketones (excluding diaryl/α,β-unsaturated/α-hetero) is 2. The first-order chi connectivity index (χ1) is 19.3. The monoisotopic (exact) mass is 561 g/mol. The van der Waals surface area contributed by atoms with Crippen molar-refractivity contribution in [2.45, 2.75) is 37.3 Å². The van der Waals surface area contributed by atoms with Crippen LogP contribution in [0.3, 0.4) is 0 Å². The van der Waals surface area contributed by atoms with Gasteiger partial charge in [0.05, 0.1) is 11.6 Å². The molecule has 41 heavy (non-hydrogen) atoms. The van der Waals surface area contributed by atoms with Crippen LogP contribution in [-0.4, -0.2) is 82.6 Å². The number of phenols is 1. The molecule has 216 valence electrons. The van der Waals surface area contributed by atoms with Crippen LogP contribution in [0.25, 0.3) is 0 Å². The van der Waals surface area contributed by atoms with Crippen LogP contribution in [-0.2, 0) is 28.9 Å². The van der Waals surface area contributed by atoms with E-state index in [9.17, 15) is 34.8 Å². The first-order valence-corrected chi connectivity index (χ1v) is 13.5. The fraction of sp³-hybridized carbons (Fsp3) is 0.387. The van der Waals surface area contributed by atoms with Gasteiger partial charge in [0, 0.05) is 31.3 Å². The molecule has 5 rings (SSSR count). The average molecular weight is 562 g/mol. The lowest BCUT2D eigenvalue weighted by molar-refractivity contribution is -0.148. The van der Waals surface area contributed by atoms with Gasteiger partial charge in [0.25, 0.3) is 5.91 Å². The van der Waals surface area contributed by atoms with Crippen molar-refractivity contribution in [1.29, 1.82) is 0 Å². The maximum atomic E-state index is 14.1. The summed E-state index contributed by atoms with van der Waals surface area (Å²) < 4.78 is 0. The van der Waals surface area contributed by atoms with Crippen molar-refractivity contribution in [3.63, 3.8) is 0 Å². The van der Waals surface area contributed by atoms with Crippen molar-refractivity contribution in [2.75, 3.05) is 33.1 Å². The normalized spacial score (nSPS) is 25.7. The highest BCUT2D eigenvalue weighted by Gasteiger charge is 2.63. The molecule has 6 N–H and O–H groups in total. The van der Waals surface area contributed by atoms with E-state index in [1.807, 2.05) is 55.4 Å². The molecule has 0 unspecified atom stereocenters. The number of fused-ring (bicyclic) bond motifs is 3. The van der Waals surface area contributed by atoms with E-state index in [1.54, 1.807) is 14.1 Å². The smallest absolute Gasteiger partial charge is 0.255 e. The zero-order valence-corrected chi connectivity index (χ0v) is 23.5. The molecule has 4 atom stereocenters. The van der Waals surface area contributed by atoms with Crippen molar-refractivity contribution >= 4 is 23.2 Å². The van der Waals surface area contributed by atoms with E-state index in [0.29, 0.717) is 24.0 Å². The van der Waals surface area contributed by atoms with Crippen LogP contribution in [0.1, 0.15) is 33.5 Å². The van der Waals surface area contributed by atoms with Crippen molar-refractivity contribution < 1.29 is 34.8 Å². The Balaban J connectivity index is 1.66. The van der Waals surface area contributed by atoms with E-state index < -0.39 is 58.0 Å². The minimum Gasteiger partial charge on any atom is -0.510 e. The number of hydrogen-bond donors (Lipinski definition) is 5. The van der Waals surface area contributed by atoms with Crippen molar-refractivity contribution in [3.8, 4) is 5.75 Å². The molecule has 1 amide bonds. The van der Waals surface area contributed by atoms with E-state index >= 15 is 0 Å². The first-order valence-electron chi connectivity index (χ1n) is 13.5. The molecule has 0 radical (unpaired) electrons. The Morgan fingerprint density at radius 2 is 1.71 bits per heavy atom. The number of amides is 1. The number of hydrogen-bond acceptors (Lipinski definition) is 9. The molecule has 0 aromatic heterocycles. The van der Waals surface area contributed by atoms with Crippen LogP contribution >= 0.6 is 0 Å². The van der Waals surface area contributed by atoms with Gasteiger partial charge in [-0.15, -0.1) is 0 Å². The molecule has 0 aliphatic heterocycles. The predicted molar refractivity (Wildman–Crippen MR) is 152 cm³/mol. The number of anilines is 1. The third-order valence-corrected chi connectivity index (χ3v) is 8.79. The number of likely N-dealkylation sites (N-methyl/N-ethyl adjacent to an activating group) is 1. The molecule has 2 aromatic rings. The topological polar surface area (TPSA) is 165 Å². The van der Waals surface area contributed by atoms with Gasteiger partial charge in [0.1, 0.15) is 22.8 Å². The maximum absolute atomic E-state index is 14.1. The third-order valence-electron chi connectivity index (χ3n) is 8.79. The second-order valence-electron chi connectivity index (χ2n) is 11.6. The number of aromatic hydroxyl groups is 1. The average Bonchev–Trinajstić information content (AvgIpc) is 2.90. The van der Waals surface area contributed by atoms with Crippen molar-refractivity contribution in [2.24, 2.45) is 17.6 Å². The number of aliphatic hydroxyl groups excluding tert-OH is 2. The Morgan fingerprint density at radius 1 is 1.05 bits per heavy atom. The number of phenolic OH excluding ortho intramolecular Hbond substituents is 1. The number of primary amides is 1. The summed E-state index contributed by atoms with van der Waals surface area (Å²) in [5, 5.41) is 45.6. The number of allylic oxidation sites excluding steroid dienone is 1. The van der Waals surface area contributed by atoms with Crippen LogP contribution < -0.4 is 10.6 Å². The highest BCUT2D eigenvalue weighted by atomic mass is 16.3. The molecule has 0 bridgehead atoms. The fourth-order valence-electron chi connectivity index (χ4n) is 6.87. The number of aryl methyl sites for hydroxylation is 2. The van der Waals surface area contributed by atoms with Gasteiger partial charge < -0.3 is 31.1 Å². The standard InChI is InChI=1S/C31H35N3O7/c1-33(2)20-14-16(11-10-15-8-6-5-7-9-15)25(35)22-18(20)12-17-13-19-24(34(3)4)27(37)23(30(32)40)29(39)31(19,41)28(38)21(17)26(22)36/h5-9,14,17,19,24,35,37-38,41H,10-13H2,1-4H3,(H2,32,40)/t17-,19-,24-,31-/m0/s1. The predicted octanol–water partition coefficient (Wildman–Crippen LogP) is 1.97. The lowest BCUT2D eigenvalue weighted by Crippen LogP contribution is -2.63. The van der Waals surface area contributed by atoms with Crippen LogP contribution in [0.5, 0.6) is 5.75 Å². The number of nitrogens with two attached hydrogens (primary N) is 1. The van der Waals surface area contributed by atoms with Crippen molar-refractivity contribution in [1.82, 2.24) is 4.90 Å². The summed E-state index contributed by atoms with van der Waals surface area (Å²) in [6.45, 7) is 0. The van der Waals surface area contributed by atoms with Gasteiger partial charge in [0.2, 0.25) is 5.78 Å². The summed E-state index contributed by atoms with van der Waals surface area (Å²) in [5.74, 6) is -6.50. The molecule has 0 saturated heterocycles. The summed E-state index contributed by atoms with van der Waals surface area (Å²) in [7, 11) is 6.90. The van der Waals surface area contributed by atoms with E-state index in [1.165, 1.54) is 4.90 Å². The molecule has 10 nitrogen and oxygen atoms in total. The summed E-state index contributed by atoms with van der Waals surface area (Å²) in [5.41, 5.74) is 4.76. The second kappa shape index (κ2) is 10.0. The van der Waals surface area contributed by atoms with Gasteiger partial charge in [-0.1, -0.05) is 30.3 Å². The number of benzene rings is 2. The van der Waals surface area contributed by atoms with Crippen LogP contribution in [0, 0.1) is 11.8 Å². The number of carbonyl (C=O) groups excluding carboxylic acids is 3. The Kier molecular flexibility index (Phi) is 6.95. The van der Waals surface area contributed by atoms with Gasteiger partial charge in [-0.3, -0.25) is 19.3 Å². The SMILES string of the molecule is CN(C)c1cc(CCc2ccccc2)c(O)c2c1C[C@H]1C[C@H]3[C@H](N(C)C)C(O)=C(C(N)=O)C(=O)[C@@]3(O)C(O)=C1C2=O. The van der Waals surface area contributed by atoms with Gasteiger partial charge in [-0.2, -0.15) is 0 Å². The second-order valence-corrected chi connectivity index (χ2v) is 11.6. The minimum atomic E-state index is -2.66. The van der Waals surface area contributed by atoms with E-state index in [0.717, 1.165) is 11.3 Å². The lowest BCUT2D eigenvalue weighted by Gasteiger charge is -2.50. The Bertz CT molecular complexity index is 1530. The fourth-order valence-corrected chi connectivity index (χ4v) is 6.87. The number of ketones is 2. The maximum Gasteiger partial charge on any atom is 0.255 e. The molecule has 0 spiro atoms. The molecule has 0 fully saturated rings. The zero-order valence-electron chi connectivity index (χ0n) is 23.5. The number of nitrogens with zero attached hydrogens (tertiary/aromatic N) is 2. The molecule has 2 aromatic carbocycles. The van der Waals surface area contributed by atoms with E-state index in [4.69, 9.17) is 5.73 Å². The number of rotatable bonds is 6. The summed E-state index contributed by atoms with van der Waals surface area (Å²) in [4.78, 5) is 43.2. The van der Waals surface area contributed by atoms with Crippen molar-refractivity contribution in [3.05, 3.63) is 81.3 Å². The molecule has 10 heteroatoms. The summed E-state index contributed by atoms with van der Waals surface area (Å²) in [6.07, 6.45) is 1.37. The Labute approximate surface area is 238 Å². The summed E-state index contributed by atoms with van der Waals surface area (Å²) >= 11 is 0. The Morgan fingerprint density at radius 3 is 2.29 bits per heavy atom. The van der Waals surface area contributed by atoms with Gasteiger partial charge in [0.15, 0.2) is 11.4 Å². The molecule has 3 aliphatic rings. The van der Waals surface area contributed by atoms with Gasteiger partial charge in [-0.25, -0.2) is 0 Å². The molecule has 3 aliphatic carbocycles. The molecule has 0 saturated carbocycles. The number of carbonyl (C=O) groups is 3. The van der Waals surface area contributed by atoms with Crippen LogP contribution in [0.4, 0.5) is 5.69 Å². The highest BCUT2D eigenvalue weighted by Crippen LogP contribution is 2.53. The minimum absolute atomic E-state index is 0.0278.